The lowest BCUT2D eigenvalue weighted by Gasteiger charge is -2.11. The Morgan fingerprint density at radius 3 is 2.33 bits per heavy atom. The monoisotopic (exact) mass is 427 g/mol. The number of aromatic nitrogens is 3. The average molecular weight is 428 g/mol. The van der Waals surface area contributed by atoms with E-state index in [2.05, 4.69) is 77.1 Å². The van der Waals surface area contributed by atoms with Crippen LogP contribution in [0.3, 0.4) is 0 Å². The average Bonchev–Trinajstić information content (AvgIpc) is 3.19. The fourth-order valence-electron chi connectivity index (χ4n) is 4.36. The van der Waals surface area contributed by atoms with Crippen LogP contribution < -0.4 is 4.74 Å². The molecule has 0 saturated heterocycles. The second kappa shape index (κ2) is 7.92. The fraction of sp³-hybridized carbons (Fsp3) is 0.0345. The third-order valence-corrected chi connectivity index (χ3v) is 5.89. The minimum atomic E-state index is 0.579. The van der Waals surface area contributed by atoms with E-state index >= 15 is 0 Å². The number of fused-ring (bicyclic) bond motifs is 3. The molecule has 0 N–H and O–H groups in total. The van der Waals surface area contributed by atoms with Crippen molar-refractivity contribution in [3.63, 3.8) is 0 Å². The zero-order chi connectivity index (χ0) is 22.2. The summed E-state index contributed by atoms with van der Waals surface area (Å²) in [6, 6.07) is 32.9. The Bertz CT molecular complexity index is 1600. The van der Waals surface area contributed by atoms with E-state index in [0.29, 0.717) is 5.88 Å². The Labute approximate surface area is 191 Å². The van der Waals surface area contributed by atoms with Gasteiger partial charge in [0, 0.05) is 29.2 Å². The number of nitrogens with zero attached hydrogens (tertiary/aromatic N) is 3. The molecule has 3 heterocycles. The first-order chi connectivity index (χ1) is 16.3. The molecule has 0 fully saturated rings. The summed E-state index contributed by atoms with van der Waals surface area (Å²) in [4.78, 5) is 8.98. The van der Waals surface area contributed by atoms with E-state index in [-0.39, 0.29) is 0 Å². The van der Waals surface area contributed by atoms with Crippen LogP contribution in [0.5, 0.6) is 11.6 Å². The number of hydrogen-bond donors (Lipinski definition) is 0. The molecule has 6 aromatic rings. The Balaban J connectivity index is 1.52. The molecule has 158 valence electrons. The van der Waals surface area contributed by atoms with Crippen LogP contribution in [-0.4, -0.2) is 14.5 Å². The van der Waals surface area contributed by atoms with Gasteiger partial charge in [0.1, 0.15) is 11.6 Å². The van der Waals surface area contributed by atoms with Gasteiger partial charge in [-0.05, 0) is 60.0 Å². The van der Waals surface area contributed by atoms with Gasteiger partial charge < -0.3 is 4.74 Å². The topological polar surface area (TPSA) is 39.9 Å². The Morgan fingerprint density at radius 1 is 0.636 bits per heavy atom. The van der Waals surface area contributed by atoms with E-state index < -0.39 is 0 Å². The van der Waals surface area contributed by atoms with E-state index in [4.69, 9.17) is 9.72 Å². The molecular weight excluding hydrogens is 406 g/mol. The molecule has 6 rings (SSSR count). The second-order valence-electron chi connectivity index (χ2n) is 8.03. The van der Waals surface area contributed by atoms with Gasteiger partial charge in [-0.1, -0.05) is 54.6 Å². The molecule has 0 bridgehead atoms. The van der Waals surface area contributed by atoms with Gasteiger partial charge in [0.15, 0.2) is 0 Å². The number of hydrogen-bond acceptors (Lipinski definition) is 3. The number of rotatable bonds is 4. The molecule has 0 radical (unpaired) electrons. The molecule has 0 atom stereocenters. The number of ether oxygens (including phenoxy) is 1. The van der Waals surface area contributed by atoms with Gasteiger partial charge in [-0.3, -0.25) is 4.57 Å². The summed E-state index contributed by atoms with van der Waals surface area (Å²) in [7, 11) is 0. The van der Waals surface area contributed by atoms with Crippen LogP contribution in [0.2, 0.25) is 0 Å². The van der Waals surface area contributed by atoms with Crippen LogP contribution in [0.15, 0.2) is 109 Å². The van der Waals surface area contributed by atoms with Gasteiger partial charge in [-0.15, -0.1) is 0 Å². The summed E-state index contributed by atoms with van der Waals surface area (Å²) < 4.78 is 8.22. The van der Waals surface area contributed by atoms with E-state index in [1.54, 1.807) is 6.20 Å². The van der Waals surface area contributed by atoms with Crippen LogP contribution in [0, 0.1) is 6.92 Å². The van der Waals surface area contributed by atoms with Crippen molar-refractivity contribution >= 4 is 21.8 Å². The highest BCUT2D eigenvalue weighted by Gasteiger charge is 2.15. The maximum atomic E-state index is 5.96. The first-order valence-corrected chi connectivity index (χ1v) is 10.9. The van der Waals surface area contributed by atoms with Gasteiger partial charge in [-0.2, -0.15) is 0 Å². The van der Waals surface area contributed by atoms with E-state index in [1.165, 1.54) is 10.8 Å². The predicted octanol–water partition coefficient (Wildman–Crippen LogP) is 7.34. The molecule has 0 unspecified atom stereocenters. The fourth-order valence-corrected chi connectivity index (χ4v) is 4.36. The Morgan fingerprint density at radius 2 is 1.45 bits per heavy atom. The normalized spacial score (nSPS) is 11.2. The van der Waals surface area contributed by atoms with Crippen LogP contribution >= 0.6 is 0 Å². The van der Waals surface area contributed by atoms with Crippen molar-refractivity contribution < 1.29 is 4.74 Å². The van der Waals surface area contributed by atoms with Crippen LogP contribution in [0.25, 0.3) is 38.8 Å². The molecule has 0 aliphatic carbocycles. The third kappa shape index (κ3) is 3.42. The molecule has 33 heavy (non-hydrogen) atoms. The number of para-hydroxylation sites is 1. The second-order valence-corrected chi connectivity index (χ2v) is 8.03. The molecule has 3 aromatic heterocycles. The zero-order valence-corrected chi connectivity index (χ0v) is 18.1. The Hall–Kier alpha value is -4.44. The molecule has 0 aliphatic rings. The van der Waals surface area contributed by atoms with E-state index in [1.807, 2.05) is 42.6 Å². The van der Waals surface area contributed by atoms with Crippen LogP contribution in [0.4, 0.5) is 0 Å². The highest BCUT2D eigenvalue weighted by molar-refractivity contribution is 6.10. The minimum absolute atomic E-state index is 0.579. The smallest absolute Gasteiger partial charge is 0.219 e. The number of pyridine rings is 2. The molecular formula is C29H21N3O. The standard InChI is InChI=1S/C29H21N3O/c1-20-8-7-17-31-29(20)32-26-12-3-2-11-24(26)25-15-14-22(19-27(25)32)21-9-6-10-23(18-21)33-28-13-4-5-16-30-28/h2-19H,1H3. The molecule has 3 aromatic carbocycles. The van der Waals surface area contributed by atoms with Crippen molar-refractivity contribution in [3.8, 4) is 28.6 Å². The lowest BCUT2D eigenvalue weighted by molar-refractivity contribution is 0.463. The van der Waals surface area contributed by atoms with Crippen molar-refractivity contribution in [2.75, 3.05) is 0 Å². The first-order valence-electron chi connectivity index (χ1n) is 10.9. The molecule has 4 heteroatoms. The highest BCUT2D eigenvalue weighted by atomic mass is 16.5. The van der Waals surface area contributed by atoms with Crippen molar-refractivity contribution in [1.82, 2.24) is 14.5 Å². The Kier molecular flexibility index (Phi) is 4.62. The maximum Gasteiger partial charge on any atom is 0.219 e. The summed E-state index contributed by atoms with van der Waals surface area (Å²) in [5.74, 6) is 2.29. The van der Waals surface area contributed by atoms with E-state index in [0.717, 1.165) is 39.3 Å². The predicted molar refractivity (Wildman–Crippen MR) is 133 cm³/mol. The molecule has 0 aliphatic heterocycles. The molecule has 4 nitrogen and oxygen atoms in total. The highest BCUT2D eigenvalue weighted by Crippen LogP contribution is 2.35. The zero-order valence-electron chi connectivity index (χ0n) is 18.1. The van der Waals surface area contributed by atoms with Crippen LogP contribution in [0.1, 0.15) is 5.56 Å². The third-order valence-electron chi connectivity index (χ3n) is 5.89. The molecule has 0 amide bonds. The van der Waals surface area contributed by atoms with Crippen LogP contribution in [-0.2, 0) is 0 Å². The van der Waals surface area contributed by atoms with Gasteiger partial charge in [0.05, 0.1) is 11.0 Å². The van der Waals surface area contributed by atoms with Crippen molar-refractivity contribution in [2.45, 2.75) is 6.92 Å². The van der Waals surface area contributed by atoms with Crippen molar-refractivity contribution in [2.24, 2.45) is 0 Å². The largest absolute Gasteiger partial charge is 0.439 e. The first kappa shape index (κ1) is 19.3. The SMILES string of the molecule is Cc1cccnc1-n1c2ccccc2c2ccc(-c3cccc(Oc4ccccn4)c3)cc21. The van der Waals surface area contributed by atoms with Gasteiger partial charge >= 0.3 is 0 Å². The summed E-state index contributed by atoms with van der Waals surface area (Å²) in [6.07, 6.45) is 3.58. The number of aryl methyl sites for hydroxylation is 1. The van der Waals surface area contributed by atoms with Gasteiger partial charge in [0.25, 0.3) is 0 Å². The van der Waals surface area contributed by atoms with Gasteiger partial charge in [-0.25, -0.2) is 9.97 Å². The molecule has 0 saturated carbocycles. The number of benzene rings is 3. The van der Waals surface area contributed by atoms with Crippen molar-refractivity contribution in [3.05, 3.63) is 115 Å². The minimum Gasteiger partial charge on any atom is -0.439 e. The lowest BCUT2D eigenvalue weighted by Crippen LogP contribution is -1.99. The van der Waals surface area contributed by atoms with Crippen molar-refractivity contribution in [1.29, 1.82) is 0 Å². The maximum absolute atomic E-state index is 5.96. The summed E-state index contributed by atoms with van der Waals surface area (Å²) in [6.45, 7) is 2.10. The quantitative estimate of drug-likeness (QED) is 0.295. The molecule has 0 spiro atoms. The summed E-state index contributed by atoms with van der Waals surface area (Å²) in [5, 5.41) is 2.43. The summed E-state index contributed by atoms with van der Waals surface area (Å²) in [5.41, 5.74) is 5.62. The van der Waals surface area contributed by atoms with Gasteiger partial charge in [0.2, 0.25) is 5.88 Å². The van der Waals surface area contributed by atoms with E-state index in [9.17, 15) is 0 Å². The summed E-state index contributed by atoms with van der Waals surface area (Å²) >= 11 is 0. The lowest BCUT2D eigenvalue weighted by atomic mass is 10.0.